The smallest absolute Gasteiger partial charge is 0.254 e. The lowest BCUT2D eigenvalue weighted by molar-refractivity contribution is -0.0503. The van der Waals surface area contributed by atoms with Crippen molar-refractivity contribution >= 4 is 17.2 Å². The Bertz CT molecular complexity index is 662. The van der Waals surface area contributed by atoms with Crippen LogP contribution in [-0.2, 0) is 11.3 Å². The van der Waals surface area contributed by atoms with Crippen molar-refractivity contribution in [3.63, 3.8) is 0 Å². The first kappa shape index (κ1) is 14.8. The van der Waals surface area contributed by atoms with Crippen LogP contribution in [0.4, 0.5) is 0 Å². The zero-order chi connectivity index (χ0) is 15.6. The van der Waals surface area contributed by atoms with Gasteiger partial charge >= 0.3 is 0 Å². The van der Waals surface area contributed by atoms with Crippen molar-refractivity contribution in [1.29, 1.82) is 0 Å². The Labute approximate surface area is 139 Å². The molecule has 0 N–H and O–H groups in total. The highest BCUT2D eigenvalue weighted by Gasteiger charge is 2.41. The Balaban J connectivity index is 1.47. The summed E-state index contributed by atoms with van der Waals surface area (Å²) in [6.07, 6.45) is 3.82. The van der Waals surface area contributed by atoms with Crippen molar-refractivity contribution in [3.8, 4) is 0 Å². The normalized spacial score (nSPS) is 24.6. The van der Waals surface area contributed by atoms with E-state index in [1.54, 1.807) is 17.5 Å². The lowest BCUT2D eigenvalue weighted by Crippen LogP contribution is -2.50. The maximum Gasteiger partial charge on any atom is 0.254 e. The van der Waals surface area contributed by atoms with E-state index in [1.165, 1.54) is 5.56 Å². The maximum atomic E-state index is 12.6. The number of fused-ring (bicyclic) bond motifs is 1. The average Bonchev–Trinajstić information content (AvgIpc) is 3.25. The molecule has 0 radical (unpaired) electrons. The van der Waals surface area contributed by atoms with Gasteiger partial charge in [0.25, 0.3) is 5.91 Å². The molecule has 2 aromatic rings. The summed E-state index contributed by atoms with van der Waals surface area (Å²) in [6.45, 7) is 3.90. The van der Waals surface area contributed by atoms with Gasteiger partial charge in [-0.2, -0.15) is 11.3 Å². The van der Waals surface area contributed by atoms with Crippen LogP contribution >= 0.6 is 11.3 Å². The minimum atomic E-state index is 0.114. The Morgan fingerprint density at radius 2 is 2.35 bits per heavy atom. The lowest BCUT2D eigenvalue weighted by Gasteiger charge is -2.36. The molecule has 2 fully saturated rings. The van der Waals surface area contributed by atoms with Crippen molar-refractivity contribution < 1.29 is 9.53 Å². The molecule has 0 bridgehead atoms. The Kier molecular flexibility index (Phi) is 4.11. The molecule has 6 heteroatoms. The molecule has 0 aromatic carbocycles. The molecule has 2 aliphatic heterocycles. The van der Waals surface area contributed by atoms with Gasteiger partial charge in [0, 0.05) is 44.0 Å². The van der Waals surface area contributed by atoms with Gasteiger partial charge in [-0.05, 0) is 23.1 Å². The summed E-state index contributed by atoms with van der Waals surface area (Å²) < 4.78 is 5.92. The van der Waals surface area contributed by atoms with Gasteiger partial charge in [0.1, 0.15) is 0 Å². The fourth-order valence-electron chi connectivity index (χ4n) is 3.42. The maximum absolute atomic E-state index is 12.6. The summed E-state index contributed by atoms with van der Waals surface area (Å²) in [5.74, 6) is 0.116. The van der Waals surface area contributed by atoms with Gasteiger partial charge in [-0.25, -0.2) is 0 Å². The molecule has 2 aliphatic rings. The van der Waals surface area contributed by atoms with E-state index in [-0.39, 0.29) is 18.1 Å². The van der Waals surface area contributed by atoms with Crippen LogP contribution in [0.25, 0.3) is 0 Å². The molecule has 2 saturated heterocycles. The minimum Gasteiger partial charge on any atom is -0.373 e. The number of likely N-dealkylation sites (tertiary alicyclic amines) is 1. The second kappa shape index (κ2) is 6.39. The van der Waals surface area contributed by atoms with E-state index in [0.29, 0.717) is 6.54 Å². The first-order chi connectivity index (χ1) is 11.3. The fourth-order valence-corrected chi connectivity index (χ4v) is 4.05. The third-order valence-corrected chi connectivity index (χ3v) is 5.26. The van der Waals surface area contributed by atoms with Gasteiger partial charge in [-0.1, -0.05) is 6.07 Å². The van der Waals surface area contributed by atoms with E-state index in [4.69, 9.17) is 4.74 Å². The summed E-state index contributed by atoms with van der Waals surface area (Å²) in [6, 6.07) is 6.23. The topological polar surface area (TPSA) is 45.7 Å². The lowest BCUT2D eigenvalue weighted by atomic mass is 10.1. The second-order valence-electron chi connectivity index (χ2n) is 6.03. The van der Waals surface area contributed by atoms with Crippen molar-refractivity contribution in [1.82, 2.24) is 14.8 Å². The molecule has 2 aromatic heterocycles. The molecule has 2 atom stereocenters. The van der Waals surface area contributed by atoms with E-state index < -0.39 is 0 Å². The molecule has 0 aliphatic carbocycles. The van der Waals surface area contributed by atoms with E-state index in [1.807, 2.05) is 34.0 Å². The molecular formula is C17H19N3O2S. The number of rotatable bonds is 3. The molecule has 4 heterocycles. The van der Waals surface area contributed by atoms with Gasteiger partial charge in [-0.3, -0.25) is 14.7 Å². The Morgan fingerprint density at radius 3 is 3.13 bits per heavy atom. The van der Waals surface area contributed by atoms with Gasteiger partial charge in [0.05, 0.1) is 24.3 Å². The molecule has 23 heavy (non-hydrogen) atoms. The van der Waals surface area contributed by atoms with E-state index in [2.05, 4.69) is 16.0 Å². The summed E-state index contributed by atoms with van der Waals surface area (Å²) in [4.78, 5) is 21.1. The second-order valence-corrected chi connectivity index (χ2v) is 6.81. The van der Waals surface area contributed by atoms with Crippen LogP contribution < -0.4 is 0 Å². The third-order valence-electron chi connectivity index (χ3n) is 4.58. The molecular weight excluding hydrogens is 310 g/mol. The van der Waals surface area contributed by atoms with Crippen LogP contribution in [0.2, 0.25) is 0 Å². The summed E-state index contributed by atoms with van der Waals surface area (Å²) in [5, 5.41) is 3.86. The minimum absolute atomic E-state index is 0.114. The number of thiophene rings is 1. The zero-order valence-electron chi connectivity index (χ0n) is 12.8. The standard InChI is InChI=1S/C17H19N3O2S/c21-17(14-3-7-23-12-14)20-10-15-16(11-20)22-6-5-19(15)9-13-2-1-4-18-8-13/h1-4,7-8,12,15-16H,5-6,9-11H2. The number of nitrogens with zero attached hydrogens (tertiary/aromatic N) is 3. The summed E-state index contributed by atoms with van der Waals surface area (Å²) >= 11 is 1.56. The van der Waals surface area contributed by atoms with Crippen LogP contribution in [0.5, 0.6) is 0 Å². The summed E-state index contributed by atoms with van der Waals surface area (Å²) in [5.41, 5.74) is 1.99. The molecule has 0 spiro atoms. The van der Waals surface area contributed by atoms with Gasteiger partial charge in [0.2, 0.25) is 0 Å². The average molecular weight is 329 g/mol. The van der Waals surface area contributed by atoms with Crippen molar-refractivity contribution in [3.05, 3.63) is 52.5 Å². The van der Waals surface area contributed by atoms with Gasteiger partial charge in [-0.15, -0.1) is 0 Å². The first-order valence-electron chi connectivity index (χ1n) is 7.87. The molecule has 120 valence electrons. The van der Waals surface area contributed by atoms with Crippen molar-refractivity contribution in [2.45, 2.75) is 18.7 Å². The number of carbonyl (C=O) groups excluding carboxylic acids is 1. The predicted octanol–water partition coefficient (Wildman–Crippen LogP) is 1.87. The number of morpholine rings is 1. The number of carbonyl (C=O) groups is 1. The Hall–Kier alpha value is -1.76. The Morgan fingerprint density at radius 1 is 1.39 bits per heavy atom. The number of hydrogen-bond acceptors (Lipinski definition) is 5. The van der Waals surface area contributed by atoms with Crippen LogP contribution in [-0.4, -0.2) is 59.1 Å². The highest BCUT2D eigenvalue weighted by Crippen LogP contribution is 2.26. The largest absolute Gasteiger partial charge is 0.373 e. The molecule has 5 nitrogen and oxygen atoms in total. The number of ether oxygens (including phenoxy) is 1. The third kappa shape index (κ3) is 3.02. The van der Waals surface area contributed by atoms with Gasteiger partial charge in [0.15, 0.2) is 0 Å². The van der Waals surface area contributed by atoms with E-state index in [9.17, 15) is 4.79 Å². The first-order valence-corrected chi connectivity index (χ1v) is 8.81. The van der Waals surface area contributed by atoms with Crippen LogP contribution in [0.15, 0.2) is 41.4 Å². The van der Waals surface area contributed by atoms with Crippen molar-refractivity contribution in [2.75, 3.05) is 26.2 Å². The number of aromatic nitrogens is 1. The molecule has 2 unspecified atom stereocenters. The molecule has 4 rings (SSSR count). The van der Waals surface area contributed by atoms with Gasteiger partial charge < -0.3 is 9.64 Å². The predicted molar refractivity (Wildman–Crippen MR) is 88.4 cm³/mol. The number of amides is 1. The molecule has 0 saturated carbocycles. The number of pyridine rings is 1. The number of hydrogen-bond donors (Lipinski definition) is 0. The van der Waals surface area contributed by atoms with Crippen LogP contribution in [0.3, 0.4) is 0 Å². The molecule has 1 amide bonds. The zero-order valence-corrected chi connectivity index (χ0v) is 13.6. The SMILES string of the molecule is O=C(c1ccsc1)N1CC2OCCN(Cc3cccnc3)C2C1. The highest BCUT2D eigenvalue weighted by atomic mass is 32.1. The van der Waals surface area contributed by atoms with E-state index >= 15 is 0 Å². The quantitative estimate of drug-likeness (QED) is 0.862. The fraction of sp³-hybridized carbons (Fsp3) is 0.412. The van der Waals surface area contributed by atoms with Crippen LogP contribution in [0.1, 0.15) is 15.9 Å². The van der Waals surface area contributed by atoms with E-state index in [0.717, 1.165) is 31.8 Å². The highest BCUT2D eigenvalue weighted by molar-refractivity contribution is 7.08. The van der Waals surface area contributed by atoms with Crippen molar-refractivity contribution in [2.24, 2.45) is 0 Å². The van der Waals surface area contributed by atoms with Crippen LogP contribution in [0, 0.1) is 0 Å². The monoisotopic (exact) mass is 329 g/mol. The summed E-state index contributed by atoms with van der Waals surface area (Å²) in [7, 11) is 0.